The van der Waals surface area contributed by atoms with E-state index in [2.05, 4.69) is 10.2 Å². The molecule has 0 fully saturated rings. The number of rotatable bonds is 4. The Hall–Kier alpha value is -2.18. The third kappa shape index (κ3) is 3.13. The summed E-state index contributed by atoms with van der Waals surface area (Å²) in [6.45, 7) is 3.08. The van der Waals surface area contributed by atoms with Crippen LogP contribution in [0.1, 0.15) is 12.5 Å². The number of H-pyrrole nitrogens is 1. The molecule has 0 amide bonds. The fourth-order valence-electron chi connectivity index (χ4n) is 2.43. The molecule has 0 bridgehead atoms. The molecule has 118 valence electrons. The molecule has 3 rings (SSSR count). The average molecular weight is 347 g/mol. The van der Waals surface area contributed by atoms with Crippen LogP contribution in [0.15, 0.2) is 47.4 Å². The first-order chi connectivity index (χ1) is 11.1. The number of nitrogens with one attached hydrogen (secondary N) is 1. The molecule has 0 aliphatic heterocycles. The summed E-state index contributed by atoms with van der Waals surface area (Å²) < 4.78 is 3.96. The maximum atomic E-state index is 12.8. The third-order valence-electron chi connectivity index (χ3n) is 3.60. The zero-order valence-corrected chi connectivity index (χ0v) is 14.1. The van der Waals surface area contributed by atoms with Crippen LogP contribution in [0.2, 0.25) is 5.02 Å². The van der Waals surface area contributed by atoms with Crippen LogP contribution in [0, 0.1) is 4.77 Å². The predicted octanol–water partition coefficient (Wildman–Crippen LogP) is 3.49. The number of pyridine rings is 1. The standard InChI is InChI=1S/C16H15ClN4OS/c1-2-21-14(18-19-16(21)23)13-4-3-9-20(15(13)22)10-11-5-7-12(17)8-6-11/h3-9H,2,10H2,1H3,(H,19,23). The largest absolute Gasteiger partial charge is 0.310 e. The lowest BCUT2D eigenvalue weighted by Gasteiger charge is -2.09. The maximum absolute atomic E-state index is 12.8. The average Bonchev–Trinajstić information content (AvgIpc) is 2.92. The van der Waals surface area contributed by atoms with Gasteiger partial charge >= 0.3 is 0 Å². The van der Waals surface area contributed by atoms with E-state index in [4.69, 9.17) is 23.8 Å². The van der Waals surface area contributed by atoms with E-state index in [1.807, 2.05) is 37.3 Å². The van der Waals surface area contributed by atoms with Gasteiger partial charge in [0.15, 0.2) is 10.6 Å². The quantitative estimate of drug-likeness (QED) is 0.736. The van der Waals surface area contributed by atoms with Gasteiger partial charge in [-0.3, -0.25) is 9.89 Å². The lowest BCUT2D eigenvalue weighted by molar-refractivity contribution is 0.740. The molecule has 23 heavy (non-hydrogen) atoms. The maximum Gasteiger partial charge on any atom is 0.261 e. The van der Waals surface area contributed by atoms with Crippen LogP contribution in [0.3, 0.4) is 0 Å². The van der Waals surface area contributed by atoms with Crippen molar-refractivity contribution in [2.24, 2.45) is 0 Å². The number of hydrogen-bond acceptors (Lipinski definition) is 3. The molecule has 1 N–H and O–H groups in total. The first kappa shape index (κ1) is 15.7. The molecule has 0 spiro atoms. The summed E-state index contributed by atoms with van der Waals surface area (Å²) in [7, 11) is 0. The molecule has 0 saturated carbocycles. The summed E-state index contributed by atoms with van der Waals surface area (Å²) in [5.41, 5.74) is 1.42. The van der Waals surface area contributed by atoms with Crippen LogP contribution < -0.4 is 5.56 Å². The second-order valence-corrected chi connectivity index (χ2v) is 5.90. The molecule has 3 aromatic rings. The van der Waals surface area contributed by atoms with Gasteiger partial charge in [-0.15, -0.1) is 0 Å². The topological polar surface area (TPSA) is 55.6 Å². The Morgan fingerprint density at radius 1 is 1.26 bits per heavy atom. The minimum absolute atomic E-state index is 0.105. The monoisotopic (exact) mass is 346 g/mol. The van der Waals surface area contributed by atoms with Crippen molar-refractivity contribution in [2.45, 2.75) is 20.0 Å². The van der Waals surface area contributed by atoms with Crippen molar-refractivity contribution in [3.8, 4) is 11.4 Å². The Kier molecular flexibility index (Phi) is 4.45. The van der Waals surface area contributed by atoms with Crippen LogP contribution in [0.25, 0.3) is 11.4 Å². The highest BCUT2D eigenvalue weighted by atomic mass is 35.5. The van der Waals surface area contributed by atoms with Crippen LogP contribution in [0.4, 0.5) is 0 Å². The molecule has 2 heterocycles. The van der Waals surface area contributed by atoms with Crippen molar-refractivity contribution in [1.82, 2.24) is 19.3 Å². The van der Waals surface area contributed by atoms with Gasteiger partial charge in [0, 0.05) is 17.8 Å². The highest BCUT2D eigenvalue weighted by molar-refractivity contribution is 7.71. The zero-order chi connectivity index (χ0) is 16.4. The Labute approximate surface area is 143 Å². The van der Waals surface area contributed by atoms with E-state index in [1.165, 1.54) is 0 Å². The number of nitrogens with zero attached hydrogens (tertiary/aromatic N) is 3. The van der Waals surface area contributed by atoms with Gasteiger partial charge in [-0.25, -0.2) is 0 Å². The molecule has 0 unspecified atom stereocenters. The molecule has 0 aliphatic rings. The van der Waals surface area contributed by atoms with Crippen molar-refractivity contribution in [3.63, 3.8) is 0 Å². The van der Waals surface area contributed by atoms with Crippen molar-refractivity contribution >= 4 is 23.8 Å². The fraction of sp³-hybridized carbons (Fsp3) is 0.188. The van der Waals surface area contributed by atoms with Crippen molar-refractivity contribution in [3.05, 3.63) is 68.3 Å². The van der Waals surface area contributed by atoms with E-state index < -0.39 is 0 Å². The van der Waals surface area contributed by atoms with Gasteiger partial charge in [0.1, 0.15) is 0 Å². The first-order valence-corrected chi connectivity index (χ1v) is 7.98. The molecule has 2 aromatic heterocycles. The number of benzene rings is 1. The Balaban J connectivity index is 2.03. The third-order valence-corrected chi connectivity index (χ3v) is 4.17. The molecular formula is C16H15ClN4OS. The van der Waals surface area contributed by atoms with Crippen LogP contribution in [-0.2, 0) is 13.1 Å². The van der Waals surface area contributed by atoms with E-state index in [9.17, 15) is 4.79 Å². The molecule has 0 atom stereocenters. The summed E-state index contributed by atoms with van der Waals surface area (Å²) in [6, 6.07) is 11.0. The zero-order valence-electron chi connectivity index (χ0n) is 12.5. The lowest BCUT2D eigenvalue weighted by Crippen LogP contribution is -2.22. The molecule has 5 nitrogen and oxygen atoms in total. The summed E-state index contributed by atoms with van der Waals surface area (Å²) in [6.07, 6.45) is 1.76. The van der Waals surface area contributed by atoms with Gasteiger partial charge in [0.2, 0.25) is 0 Å². The van der Waals surface area contributed by atoms with Crippen molar-refractivity contribution in [2.75, 3.05) is 0 Å². The predicted molar refractivity (Wildman–Crippen MR) is 93.3 cm³/mol. The molecule has 7 heteroatoms. The smallest absolute Gasteiger partial charge is 0.261 e. The van der Waals surface area contributed by atoms with Gasteiger partial charge in [-0.2, -0.15) is 5.10 Å². The highest BCUT2D eigenvalue weighted by Gasteiger charge is 2.13. The number of halogens is 1. The van der Waals surface area contributed by atoms with Gasteiger partial charge in [-0.05, 0) is 49.0 Å². The molecular weight excluding hydrogens is 332 g/mol. The van der Waals surface area contributed by atoms with Gasteiger partial charge in [0.05, 0.1) is 12.1 Å². The second-order valence-electron chi connectivity index (χ2n) is 5.08. The Bertz CT molecular complexity index is 940. The van der Waals surface area contributed by atoms with E-state index >= 15 is 0 Å². The van der Waals surface area contributed by atoms with Crippen LogP contribution in [0.5, 0.6) is 0 Å². The normalized spacial score (nSPS) is 10.9. The number of aromatic nitrogens is 4. The summed E-state index contributed by atoms with van der Waals surface area (Å²) in [5.74, 6) is 0.563. The van der Waals surface area contributed by atoms with Gasteiger partial charge in [-0.1, -0.05) is 23.7 Å². The minimum Gasteiger partial charge on any atom is -0.310 e. The highest BCUT2D eigenvalue weighted by Crippen LogP contribution is 2.14. The second kappa shape index (κ2) is 6.52. The number of hydrogen-bond donors (Lipinski definition) is 1. The van der Waals surface area contributed by atoms with E-state index in [-0.39, 0.29) is 5.56 Å². The van der Waals surface area contributed by atoms with E-state index in [0.717, 1.165) is 5.56 Å². The summed E-state index contributed by atoms with van der Waals surface area (Å²) in [4.78, 5) is 12.8. The summed E-state index contributed by atoms with van der Waals surface area (Å²) in [5, 5.41) is 7.61. The molecule has 1 aromatic carbocycles. The first-order valence-electron chi connectivity index (χ1n) is 7.19. The SMILES string of the molecule is CCn1c(-c2cccn(Cc3ccc(Cl)cc3)c2=O)n[nH]c1=S. The Morgan fingerprint density at radius 3 is 2.70 bits per heavy atom. The molecule has 0 saturated heterocycles. The van der Waals surface area contributed by atoms with Crippen LogP contribution >= 0.6 is 23.8 Å². The summed E-state index contributed by atoms with van der Waals surface area (Å²) >= 11 is 11.1. The van der Waals surface area contributed by atoms with Gasteiger partial charge in [0.25, 0.3) is 5.56 Å². The molecule has 0 aliphatic carbocycles. The van der Waals surface area contributed by atoms with Gasteiger partial charge < -0.3 is 9.13 Å². The van der Waals surface area contributed by atoms with Crippen molar-refractivity contribution in [1.29, 1.82) is 0 Å². The molecule has 0 radical (unpaired) electrons. The van der Waals surface area contributed by atoms with E-state index in [0.29, 0.717) is 34.3 Å². The lowest BCUT2D eigenvalue weighted by atomic mass is 10.2. The Morgan fingerprint density at radius 2 is 2.00 bits per heavy atom. The van der Waals surface area contributed by atoms with Crippen LogP contribution in [-0.4, -0.2) is 19.3 Å². The van der Waals surface area contributed by atoms with E-state index in [1.54, 1.807) is 21.4 Å². The van der Waals surface area contributed by atoms with Crippen molar-refractivity contribution < 1.29 is 0 Å². The number of aromatic amines is 1. The minimum atomic E-state index is -0.105. The fourth-order valence-corrected chi connectivity index (χ4v) is 2.82.